The van der Waals surface area contributed by atoms with E-state index in [1.807, 2.05) is 19.2 Å². The Morgan fingerprint density at radius 3 is 3.00 bits per heavy atom. The fourth-order valence-electron chi connectivity index (χ4n) is 2.19. The lowest BCUT2D eigenvalue weighted by Crippen LogP contribution is -2.34. The third kappa shape index (κ3) is 3.11. The van der Waals surface area contributed by atoms with Crippen molar-refractivity contribution in [3.63, 3.8) is 0 Å². The number of nitrogens with zero attached hydrogens (tertiary/aromatic N) is 3. The molecular formula is C14H16BrN5. The highest BCUT2D eigenvalue weighted by atomic mass is 79.9. The number of rotatable bonds is 2. The first-order valence-corrected chi connectivity index (χ1v) is 7.02. The second kappa shape index (κ2) is 5.97. The fraction of sp³-hybridized carbons (Fsp3) is 0.286. The van der Waals surface area contributed by atoms with Gasteiger partial charge in [0.2, 0.25) is 0 Å². The van der Waals surface area contributed by atoms with Crippen LogP contribution in [0.5, 0.6) is 0 Å². The number of hydrogen-bond donors (Lipinski definition) is 2. The van der Waals surface area contributed by atoms with Crippen LogP contribution in [0.3, 0.4) is 0 Å². The van der Waals surface area contributed by atoms with Crippen LogP contribution in [-0.4, -0.2) is 16.4 Å². The average molecular weight is 334 g/mol. The van der Waals surface area contributed by atoms with E-state index in [9.17, 15) is 0 Å². The van der Waals surface area contributed by atoms with E-state index in [-0.39, 0.29) is 5.70 Å². The Morgan fingerprint density at radius 2 is 2.30 bits per heavy atom. The van der Waals surface area contributed by atoms with Crippen molar-refractivity contribution in [1.82, 2.24) is 9.88 Å². The maximum Gasteiger partial charge on any atom is 0.117 e. The number of halogens is 1. The van der Waals surface area contributed by atoms with Crippen LogP contribution < -0.4 is 11.5 Å². The number of aromatic nitrogens is 1. The van der Waals surface area contributed by atoms with Gasteiger partial charge in [0.05, 0.1) is 0 Å². The molecule has 2 rings (SSSR count). The monoisotopic (exact) mass is 333 g/mol. The van der Waals surface area contributed by atoms with Crippen molar-refractivity contribution in [3.8, 4) is 6.07 Å². The predicted octanol–water partition coefficient (Wildman–Crippen LogP) is 1.76. The summed E-state index contributed by atoms with van der Waals surface area (Å²) in [5.74, 6) is 0.647. The summed E-state index contributed by atoms with van der Waals surface area (Å²) >= 11 is 3.43. The molecule has 104 valence electrons. The number of pyridine rings is 1. The van der Waals surface area contributed by atoms with Gasteiger partial charge in [-0.3, -0.25) is 4.98 Å². The highest BCUT2D eigenvalue weighted by Crippen LogP contribution is 2.23. The molecule has 0 atom stereocenters. The Balaban J connectivity index is 2.24. The maximum atomic E-state index is 8.70. The van der Waals surface area contributed by atoms with Gasteiger partial charge in [-0.05, 0) is 46.1 Å². The molecule has 0 aromatic carbocycles. The van der Waals surface area contributed by atoms with Crippen molar-refractivity contribution < 1.29 is 0 Å². The lowest BCUT2D eigenvalue weighted by molar-refractivity contribution is 0.313. The Labute approximate surface area is 126 Å². The second-order valence-electron chi connectivity index (χ2n) is 4.71. The molecule has 1 aliphatic heterocycles. The first-order valence-electron chi connectivity index (χ1n) is 6.23. The van der Waals surface area contributed by atoms with Crippen molar-refractivity contribution in [2.75, 3.05) is 6.54 Å². The molecule has 0 spiro atoms. The molecule has 0 saturated carbocycles. The van der Waals surface area contributed by atoms with Crippen molar-refractivity contribution in [3.05, 3.63) is 51.2 Å². The molecule has 1 aliphatic rings. The molecule has 1 aromatic rings. The van der Waals surface area contributed by atoms with Gasteiger partial charge in [-0.25, -0.2) is 0 Å². The Hall–Kier alpha value is -2.00. The van der Waals surface area contributed by atoms with E-state index in [4.69, 9.17) is 16.7 Å². The molecule has 5 nitrogen and oxygen atoms in total. The van der Waals surface area contributed by atoms with Crippen LogP contribution in [0.25, 0.3) is 0 Å². The van der Waals surface area contributed by atoms with Gasteiger partial charge in [-0.15, -0.1) is 0 Å². The minimum Gasteiger partial charge on any atom is -0.390 e. The van der Waals surface area contributed by atoms with Crippen LogP contribution in [0.2, 0.25) is 0 Å². The highest BCUT2D eigenvalue weighted by molar-refractivity contribution is 9.10. The molecular weight excluding hydrogens is 318 g/mol. The summed E-state index contributed by atoms with van der Waals surface area (Å²) in [4.78, 5) is 6.49. The van der Waals surface area contributed by atoms with Gasteiger partial charge in [0.25, 0.3) is 0 Å². The molecule has 0 bridgehead atoms. The summed E-state index contributed by atoms with van der Waals surface area (Å²) in [5, 5.41) is 8.70. The summed E-state index contributed by atoms with van der Waals surface area (Å²) in [6.45, 7) is 3.38. The van der Waals surface area contributed by atoms with Crippen molar-refractivity contribution in [1.29, 1.82) is 5.26 Å². The van der Waals surface area contributed by atoms with Crippen LogP contribution >= 0.6 is 15.9 Å². The Kier molecular flexibility index (Phi) is 4.30. The zero-order chi connectivity index (χ0) is 14.7. The standard InChI is InChI=1S/C14H16BrN5/c1-9(4-12(17)6-16)14(18)20-3-2-13-10(8-20)5-11(15)7-19-13/h4-5,7H,2-3,8,17-18H2,1H3/b12-4-,14-9+. The predicted molar refractivity (Wildman–Crippen MR) is 80.8 cm³/mol. The maximum absolute atomic E-state index is 8.70. The lowest BCUT2D eigenvalue weighted by atomic mass is 10.1. The third-order valence-corrected chi connectivity index (χ3v) is 3.69. The third-order valence-electron chi connectivity index (χ3n) is 3.25. The van der Waals surface area contributed by atoms with Crippen molar-refractivity contribution in [2.45, 2.75) is 19.9 Å². The SMILES string of the molecule is CC(/C=C(\N)C#N)=C(/N)N1CCc2ncc(Br)cc2C1. The van der Waals surface area contributed by atoms with E-state index in [1.54, 1.807) is 6.08 Å². The summed E-state index contributed by atoms with van der Waals surface area (Å²) in [6, 6.07) is 3.96. The van der Waals surface area contributed by atoms with Gasteiger partial charge in [-0.2, -0.15) is 5.26 Å². The summed E-state index contributed by atoms with van der Waals surface area (Å²) in [6.07, 6.45) is 4.27. The number of nitrogens with two attached hydrogens (primary N) is 2. The molecule has 0 radical (unpaired) electrons. The second-order valence-corrected chi connectivity index (χ2v) is 5.63. The quantitative estimate of drug-likeness (QED) is 0.635. The molecule has 0 unspecified atom stereocenters. The smallest absolute Gasteiger partial charge is 0.117 e. The Bertz CT molecular complexity index is 627. The fourth-order valence-corrected chi connectivity index (χ4v) is 2.57. The van der Waals surface area contributed by atoms with Gasteiger partial charge in [0.15, 0.2) is 0 Å². The normalized spacial score (nSPS) is 16.2. The molecule has 1 aromatic heterocycles. The van der Waals surface area contributed by atoms with Gasteiger partial charge in [0.1, 0.15) is 17.6 Å². The average Bonchev–Trinajstić information content (AvgIpc) is 2.45. The molecule has 6 heteroatoms. The first-order chi connectivity index (χ1) is 9.51. The highest BCUT2D eigenvalue weighted by Gasteiger charge is 2.19. The largest absolute Gasteiger partial charge is 0.390 e. The van der Waals surface area contributed by atoms with Gasteiger partial charge >= 0.3 is 0 Å². The molecule has 0 amide bonds. The van der Waals surface area contributed by atoms with Crippen molar-refractivity contribution in [2.24, 2.45) is 11.5 Å². The van der Waals surface area contributed by atoms with Crippen LogP contribution in [0.15, 0.2) is 39.9 Å². The zero-order valence-corrected chi connectivity index (χ0v) is 12.8. The van der Waals surface area contributed by atoms with E-state index in [1.165, 1.54) is 5.56 Å². The zero-order valence-electron chi connectivity index (χ0n) is 11.2. The van der Waals surface area contributed by atoms with Gasteiger partial charge in [0, 0.05) is 35.9 Å². The minimum absolute atomic E-state index is 0.160. The topological polar surface area (TPSA) is 92.0 Å². The number of fused-ring (bicyclic) bond motifs is 1. The Morgan fingerprint density at radius 1 is 1.55 bits per heavy atom. The molecule has 20 heavy (non-hydrogen) atoms. The van der Waals surface area contributed by atoms with Crippen LogP contribution in [0.4, 0.5) is 0 Å². The number of hydrogen-bond acceptors (Lipinski definition) is 5. The van der Waals surface area contributed by atoms with E-state index in [0.29, 0.717) is 12.4 Å². The molecule has 4 N–H and O–H groups in total. The first kappa shape index (κ1) is 14.4. The molecule has 0 fully saturated rings. The van der Waals surface area contributed by atoms with E-state index in [2.05, 4.69) is 31.9 Å². The van der Waals surface area contributed by atoms with Gasteiger partial charge in [-0.1, -0.05) is 0 Å². The van der Waals surface area contributed by atoms with Crippen molar-refractivity contribution >= 4 is 15.9 Å². The van der Waals surface area contributed by atoms with E-state index >= 15 is 0 Å². The van der Waals surface area contributed by atoms with E-state index in [0.717, 1.165) is 28.7 Å². The van der Waals surface area contributed by atoms with Crippen LogP contribution in [0.1, 0.15) is 18.2 Å². The molecule has 0 aliphatic carbocycles. The number of nitriles is 1. The molecule has 2 heterocycles. The van der Waals surface area contributed by atoms with Crippen LogP contribution in [-0.2, 0) is 13.0 Å². The summed E-state index contributed by atoms with van der Waals surface area (Å²) in [7, 11) is 0. The van der Waals surface area contributed by atoms with E-state index < -0.39 is 0 Å². The summed E-state index contributed by atoms with van der Waals surface area (Å²) in [5.41, 5.74) is 14.9. The van der Waals surface area contributed by atoms with Gasteiger partial charge < -0.3 is 16.4 Å². The minimum atomic E-state index is 0.160. The van der Waals surface area contributed by atoms with Crippen LogP contribution in [0, 0.1) is 11.3 Å². The summed E-state index contributed by atoms with van der Waals surface area (Å²) < 4.78 is 0.964. The number of allylic oxidation sites excluding steroid dienone is 3. The lowest BCUT2D eigenvalue weighted by Gasteiger charge is -2.31. The molecule has 0 saturated heterocycles.